The second-order valence-corrected chi connectivity index (χ2v) is 9.59. The van der Waals surface area contributed by atoms with Crippen molar-refractivity contribution in [2.45, 2.75) is 46.5 Å². The summed E-state index contributed by atoms with van der Waals surface area (Å²) in [5.74, 6) is 1.87. The van der Waals surface area contributed by atoms with Crippen LogP contribution in [0.15, 0.2) is 64.5 Å². The van der Waals surface area contributed by atoms with E-state index in [-0.39, 0.29) is 0 Å². The maximum absolute atomic E-state index is 5.80. The van der Waals surface area contributed by atoms with Crippen LogP contribution in [0.5, 0.6) is 0 Å². The third-order valence-electron chi connectivity index (χ3n) is 6.39. The van der Waals surface area contributed by atoms with Crippen LogP contribution in [0.25, 0.3) is 0 Å². The minimum Gasteiger partial charge on any atom is -0.318 e. The van der Waals surface area contributed by atoms with Crippen molar-refractivity contribution in [3.8, 4) is 0 Å². The number of thioether (sulfide) groups is 1. The van der Waals surface area contributed by atoms with Gasteiger partial charge in [-0.15, -0.1) is 6.58 Å². The molecule has 0 saturated carbocycles. The number of hydrogen-bond acceptors (Lipinski definition) is 5. The molecule has 0 bridgehead atoms. The van der Waals surface area contributed by atoms with Gasteiger partial charge in [0.15, 0.2) is 5.17 Å². The fraction of sp³-hybridized carbons (Fsp3) is 0.560. The Morgan fingerprint density at radius 2 is 2.20 bits per heavy atom. The quantitative estimate of drug-likeness (QED) is 0.402. The molecule has 0 saturated heterocycles. The maximum Gasteiger partial charge on any atom is 0.168 e. The first-order valence-corrected chi connectivity index (χ1v) is 12.4. The number of rotatable bonds is 9. The van der Waals surface area contributed by atoms with Gasteiger partial charge in [-0.2, -0.15) is 0 Å². The summed E-state index contributed by atoms with van der Waals surface area (Å²) >= 11 is 1.80. The zero-order valence-corrected chi connectivity index (χ0v) is 19.8. The van der Waals surface area contributed by atoms with Crippen molar-refractivity contribution < 1.29 is 0 Å². The fourth-order valence-corrected chi connectivity index (χ4v) is 5.57. The molecule has 0 aromatic carbocycles. The molecule has 0 radical (unpaired) electrons. The van der Waals surface area contributed by atoms with Gasteiger partial charge in [-0.05, 0) is 50.4 Å². The average Bonchev–Trinajstić information content (AvgIpc) is 2.73. The van der Waals surface area contributed by atoms with Gasteiger partial charge in [0.2, 0.25) is 0 Å². The van der Waals surface area contributed by atoms with Gasteiger partial charge in [0.05, 0.1) is 5.70 Å². The Hall–Kier alpha value is -1.56. The molecule has 2 atom stereocenters. The van der Waals surface area contributed by atoms with Crippen LogP contribution >= 0.6 is 11.8 Å². The van der Waals surface area contributed by atoms with Gasteiger partial charge < -0.3 is 10.6 Å². The largest absolute Gasteiger partial charge is 0.318 e. The Bertz CT molecular complexity index is 785. The van der Waals surface area contributed by atoms with Gasteiger partial charge in [0, 0.05) is 30.4 Å². The van der Waals surface area contributed by atoms with Crippen molar-refractivity contribution in [3.63, 3.8) is 0 Å². The van der Waals surface area contributed by atoms with E-state index < -0.39 is 0 Å². The molecule has 30 heavy (non-hydrogen) atoms. The SMILES string of the molecule is C=CCN1C(=C)C2=C(N=C1SCC)C1CC=C(CCCN(CC)CN)C=C1CC2C. The van der Waals surface area contributed by atoms with Crippen LogP contribution in [0.4, 0.5) is 0 Å². The number of hydrogen-bond donors (Lipinski definition) is 1. The van der Waals surface area contributed by atoms with Crippen molar-refractivity contribution in [3.05, 3.63) is 59.5 Å². The van der Waals surface area contributed by atoms with E-state index >= 15 is 0 Å². The summed E-state index contributed by atoms with van der Waals surface area (Å²) < 4.78 is 0. The van der Waals surface area contributed by atoms with Crippen molar-refractivity contribution in [2.75, 3.05) is 32.1 Å². The lowest BCUT2D eigenvalue weighted by molar-refractivity contribution is 0.293. The Labute approximate surface area is 187 Å². The molecular formula is C25H38N4S. The van der Waals surface area contributed by atoms with Crippen molar-refractivity contribution in [1.29, 1.82) is 0 Å². The van der Waals surface area contributed by atoms with Crippen LogP contribution in [0.3, 0.4) is 0 Å². The summed E-state index contributed by atoms with van der Waals surface area (Å²) in [6.45, 7) is 18.6. The normalized spacial score (nSPS) is 23.7. The van der Waals surface area contributed by atoms with Crippen molar-refractivity contribution in [2.24, 2.45) is 22.6 Å². The van der Waals surface area contributed by atoms with Crippen LogP contribution in [-0.2, 0) is 0 Å². The standard InChI is InChI=1S/C25H38N4S/c1-6-13-29-19(5)23-18(4)15-21-16-20(10-9-14-28(7-2)17-26)11-12-22(21)24(23)27-25(29)30-8-3/h6,11,16,18,22H,1,5,7-10,12-15,17,26H2,2-4H3. The minimum atomic E-state index is 0.409. The Balaban J connectivity index is 1.79. The summed E-state index contributed by atoms with van der Waals surface area (Å²) in [4.78, 5) is 9.73. The number of nitrogens with zero attached hydrogens (tertiary/aromatic N) is 3. The number of allylic oxidation sites excluding steroid dienone is 5. The Morgan fingerprint density at radius 3 is 2.87 bits per heavy atom. The highest BCUT2D eigenvalue weighted by Crippen LogP contribution is 2.48. The molecule has 0 aromatic rings. The smallest absolute Gasteiger partial charge is 0.168 e. The van der Waals surface area contributed by atoms with Gasteiger partial charge in [-0.25, -0.2) is 4.99 Å². The molecule has 0 spiro atoms. The molecule has 2 aliphatic carbocycles. The zero-order chi connectivity index (χ0) is 21.7. The van der Waals surface area contributed by atoms with Crippen LogP contribution in [0, 0.1) is 11.8 Å². The summed E-state index contributed by atoms with van der Waals surface area (Å²) in [6.07, 6.45) is 11.3. The van der Waals surface area contributed by atoms with E-state index in [1.54, 1.807) is 17.3 Å². The van der Waals surface area contributed by atoms with E-state index in [4.69, 9.17) is 10.7 Å². The number of aliphatic imine (C=N–C) groups is 1. The predicted molar refractivity (Wildman–Crippen MR) is 132 cm³/mol. The lowest BCUT2D eigenvalue weighted by Gasteiger charge is -2.41. The topological polar surface area (TPSA) is 44.9 Å². The second kappa shape index (κ2) is 10.7. The first-order valence-electron chi connectivity index (χ1n) is 11.4. The molecule has 164 valence electrons. The molecule has 5 heteroatoms. The van der Waals surface area contributed by atoms with E-state index in [9.17, 15) is 0 Å². The molecule has 3 rings (SSSR count). The van der Waals surface area contributed by atoms with Crippen LogP contribution in [0.2, 0.25) is 0 Å². The highest BCUT2D eigenvalue weighted by molar-refractivity contribution is 8.13. The third kappa shape index (κ3) is 4.84. The molecule has 1 aliphatic heterocycles. The minimum absolute atomic E-state index is 0.409. The fourth-order valence-electron chi connectivity index (χ4n) is 4.81. The van der Waals surface area contributed by atoms with Gasteiger partial charge in [0.25, 0.3) is 0 Å². The van der Waals surface area contributed by atoms with Crippen molar-refractivity contribution >= 4 is 16.9 Å². The monoisotopic (exact) mass is 426 g/mol. The van der Waals surface area contributed by atoms with E-state index in [0.29, 0.717) is 18.5 Å². The summed E-state index contributed by atoms with van der Waals surface area (Å²) in [6, 6.07) is 0. The van der Waals surface area contributed by atoms with Crippen LogP contribution < -0.4 is 5.73 Å². The van der Waals surface area contributed by atoms with Gasteiger partial charge in [-0.1, -0.05) is 68.5 Å². The molecule has 4 nitrogen and oxygen atoms in total. The molecule has 1 heterocycles. The van der Waals surface area contributed by atoms with E-state index in [2.05, 4.69) is 55.9 Å². The van der Waals surface area contributed by atoms with Crippen molar-refractivity contribution in [1.82, 2.24) is 9.80 Å². The molecule has 2 unspecified atom stereocenters. The van der Waals surface area contributed by atoms with Gasteiger partial charge >= 0.3 is 0 Å². The Kier molecular flexibility index (Phi) is 8.20. The molecular weight excluding hydrogens is 388 g/mol. The highest BCUT2D eigenvalue weighted by Gasteiger charge is 2.37. The van der Waals surface area contributed by atoms with Crippen LogP contribution in [-0.4, -0.2) is 47.0 Å². The average molecular weight is 427 g/mol. The van der Waals surface area contributed by atoms with Gasteiger partial charge in [-0.3, -0.25) is 4.90 Å². The van der Waals surface area contributed by atoms with E-state index in [1.807, 2.05) is 6.08 Å². The number of nitrogens with two attached hydrogens (primary N) is 1. The number of amidine groups is 1. The molecule has 2 N–H and O–H groups in total. The first kappa shape index (κ1) is 23.1. The lowest BCUT2D eigenvalue weighted by atomic mass is 9.72. The Morgan fingerprint density at radius 1 is 1.40 bits per heavy atom. The molecule has 0 amide bonds. The summed E-state index contributed by atoms with van der Waals surface area (Å²) in [7, 11) is 0. The molecule has 0 aromatic heterocycles. The first-order chi connectivity index (χ1) is 14.5. The molecule has 3 aliphatic rings. The predicted octanol–water partition coefficient (Wildman–Crippen LogP) is 5.30. The molecule has 0 fully saturated rings. The van der Waals surface area contributed by atoms with Crippen LogP contribution in [0.1, 0.15) is 46.5 Å². The van der Waals surface area contributed by atoms with E-state index in [1.165, 1.54) is 16.8 Å². The maximum atomic E-state index is 5.80. The zero-order valence-electron chi connectivity index (χ0n) is 19.0. The number of fused-ring (bicyclic) bond motifs is 2. The highest BCUT2D eigenvalue weighted by atomic mass is 32.2. The summed E-state index contributed by atoms with van der Waals surface area (Å²) in [5, 5.41) is 1.07. The summed E-state index contributed by atoms with van der Waals surface area (Å²) in [5.41, 5.74) is 12.6. The lowest BCUT2D eigenvalue weighted by Crippen LogP contribution is -2.37. The third-order valence-corrected chi connectivity index (χ3v) is 7.25. The van der Waals surface area contributed by atoms with E-state index in [0.717, 1.165) is 61.9 Å². The van der Waals surface area contributed by atoms with Gasteiger partial charge in [0.1, 0.15) is 0 Å². The second-order valence-electron chi connectivity index (χ2n) is 8.36.